The lowest BCUT2D eigenvalue weighted by Gasteiger charge is -2.63. The fraction of sp³-hybridized carbons (Fsp3) is 1.00. The topological polar surface area (TPSA) is 40.5 Å². The molecule has 7 unspecified atom stereocenters. The van der Waals surface area contributed by atoms with Crippen molar-refractivity contribution in [1.29, 1.82) is 0 Å². The van der Waals surface area contributed by atoms with E-state index >= 15 is 0 Å². The van der Waals surface area contributed by atoms with E-state index in [-0.39, 0.29) is 22.5 Å². The number of hydrogen-bond donors (Lipinski definition) is 2. The number of fused-ring (bicyclic) bond motifs is 5. The van der Waals surface area contributed by atoms with Crippen molar-refractivity contribution in [3.63, 3.8) is 0 Å². The van der Waals surface area contributed by atoms with E-state index in [9.17, 15) is 10.2 Å². The molecule has 0 aliphatic heterocycles. The van der Waals surface area contributed by atoms with Gasteiger partial charge in [0.15, 0.2) is 0 Å². The van der Waals surface area contributed by atoms with Gasteiger partial charge >= 0.3 is 0 Å². The van der Waals surface area contributed by atoms with Crippen LogP contribution in [-0.2, 0) is 0 Å². The Bertz CT molecular complexity index is 608. The first-order chi connectivity index (χ1) is 14.1. The van der Waals surface area contributed by atoms with Crippen molar-refractivity contribution in [3.05, 3.63) is 0 Å². The fourth-order valence-electron chi connectivity index (χ4n) is 9.21. The van der Waals surface area contributed by atoms with Crippen LogP contribution in [0.5, 0.6) is 0 Å². The molecule has 2 N–H and O–H groups in total. The van der Waals surface area contributed by atoms with E-state index in [1.54, 1.807) is 0 Å². The molecule has 0 aromatic heterocycles. The first-order valence-corrected chi connectivity index (χ1v) is 14.0. The number of rotatable bonds is 5. The Morgan fingerprint density at radius 1 is 0.867 bits per heavy atom. The average molecular weight is 484 g/mol. The zero-order valence-corrected chi connectivity index (χ0v) is 21.7. The number of aliphatic hydroxyl groups is 2. The second-order valence-corrected chi connectivity index (χ2v) is 13.9. The summed E-state index contributed by atoms with van der Waals surface area (Å²) in [6.45, 7) is 12.3. The number of alkyl halides is 1. The third-order valence-corrected chi connectivity index (χ3v) is 12.1. The van der Waals surface area contributed by atoms with Crippen molar-refractivity contribution in [2.75, 3.05) is 0 Å². The van der Waals surface area contributed by atoms with Gasteiger partial charge in [0, 0.05) is 4.83 Å². The monoisotopic (exact) mass is 482 g/mol. The second-order valence-electron chi connectivity index (χ2n) is 12.8. The number of aliphatic hydroxyl groups excluding tert-OH is 2. The molecule has 0 radical (unpaired) electrons. The summed E-state index contributed by atoms with van der Waals surface area (Å²) in [5, 5.41) is 21.9. The summed E-state index contributed by atoms with van der Waals surface area (Å²) >= 11 is 3.97. The van der Waals surface area contributed by atoms with Crippen LogP contribution >= 0.6 is 15.9 Å². The molecule has 2 nitrogen and oxygen atoms in total. The number of halogens is 1. The summed E-state index contributed by atoms with van der Waals surface area (Å²) < 4.78 is 0. The van der Waals surface area contributed by atoms with Crippen LogP contribution in [0.25, 0.3) is 0 Å². The van der Waals surface area contributed by atoms with Gasteiger partial charge in [0.05, 0.1) is 12.2 Å². The quantitative estimate of drug-likeness (QED) is 0.422. The van der Waals surface area contributed by atoms with Crippen LogP contribution in [0.3, 0.4) is 0 Å². The summed E-state index contributed by atoms with van der Waals surface area (Å²) in [6.07, 6.45) is 11.9. The van der Waals surface area contributed by atoms with Crippen LogP contribution in [0.1, 0.15) is 98.8 Å². The summed E-state index contributed by atoms with van der Waals surface area (Å²) in [7, 11) is 0. The second kappa shape index (κ2) is 8.64. The van der Waals surface area contributed by atoms with Gasteiger partial charge in [0.25, 0.3) is 0 Å². The predicted molar refractivity (Wildman–Crippen MR) is 129 cm³/mol. The van der Waals surface area contributed by atoms with Crippen molar-refractivity contribution in [1.82, 2.24) is 0 Å². The highest BCUT2D eigenvalue weighted by Gasteiger charge is 2.64. The van der Waals surface area contributed by atoms with Gasteiger partial charge in [-0.2, -0.15) is 0 Å². The van der Waals surface area contributed by atoms with Crippen LogP contribution in [0.2, 0.25) is 0 Å². The fourth-order valence-corrected chi connectivity index (χ4v) is 10.4. The minimum atomic E-state index is -0.252. The summed E-state index contributed by atoms with van der Waals surface area (Å²) in [5.74, 6) is 4.61. The molecule has 0 heterocycles. The molecule has 4 aliphatic rings. The van der Waals surface area contributed by atoms with Gasteiger partial charge in [-0.3, -0.25) is 0 Å². The molecule has 0 amide bonds. The van der Waals surface area contributed by atoms with E-state index in [1.807, 2.05) is 0 Å². The largest absolute Gasteiger partial charge is 0.393 e. The molecule has 174 valence electrons. The zero-order valence-electron chi connectivity index (χ0n) is 20.1. The summed E-state index contributed by atoms with van der Waals surface area (Å²) in [4.78, 5) is 0.142. The van der Waals surface area contributed by atoms with E-state index in [0.29, 0.717) is 29.1 Å². The lowest BCUT2D eigenvalue weighted by Crippen LogP contribution is -2.62. The molecule has 4 aliphatic carbocycles. The Hall–Kier alpha value is 0.400. The SMILES string of the molecule is CC(C)CCC[C@@H](C)C1CCC2C3C(CCC21C)C1(C)CCC(O)C[C@@H]1[C@@H](Br)[C@H]3O. The van der Waals surface area contributed by atoms with Gasteiger partial charge in [0.1, 0.15) is 0 Å². The first kappa shape index (κ1) is 23.6. The zero-order chi connectivity index (χ0) is 21.8. The Labute approximate surface area is 194 Å². The molecule has 0 saturated heterocycles. The molecular weight excluding hydrogens is 436 g/mol. The average Bonchev–Trinajstić information content (AvgIpc) is 3.04. The third kappa shape index (κ3) is 3.75. The van der Waals surface area contributed by atoms with Crippen molar-refractivity contribution in [2.24, 2.45) is 52.3 Å². The molecule has 4 saturated carbocycles. The Kier molecular flexibility index (Phi) is 6.78. The van der Waals surface area contributed by atoms with Crippen molar-refractivity contribution >= 4 is 15.9 Å². The molecule has 30 heavy (non-hydrogen) atoms. The summed E-state index contributed by atoms with van der Waals surface area (Å²) in [5.41, 5.74) is 0.684. The molecule has 0 aromatic rings. The molecule has 3 heteroatoms. The van der Waals surface area contributed by atoms with Crippen LogP contribution in [0.4, 0.5) is 0 Å². The van der Waals surface area contributed by atoms with Gasteiger partial charge in [-0.05, 0) is 97.2 Å². The molecular formula is C27H47BrO2. The molecule has 11 atom stereocenters. The van der Waals surface area contributed by atoms with E-state index in [2.05, 4.69) is 50.5 Å². The lowest BCUT2D eigenvalue weighted by atomic mass is 9.43. The Morgan fingerprint density at radius 2 is 1.53 bits per heavy atom. The minimum absolute atomic E-state index is 0.142. The Morgan fingerprint density at radius 3 is 2.23 bits per heavy atom. The van der Waals surface area contributed by atoms with Crippen LogP contribution < -0.4 is 0 Å². The highest BCUT2D eigenvalue weighted by Crippen LogP contribution is 2.69. The summed E-state index contributed by atoms with van der Waals surface area (Å²) in [6, 6.07) is 0. The lowest BCUT2D eigenvalue weighted by molar-refractivity contribution is -0.169. The van der Waals surface area contributed by atoms with E-state index < -0.39 is 0 Å². The van der Waals surface area contributed by atoms with Crippen molar-refractivity contribution < 1.29 is 10.2 Å². The maximum absolute atomic E-state index is 11.6. The standard InChI is InChI=1S/C27H47BrO2/c1-16(2)7-6-8-17(3)19-9-10-20-23-21(12-14-26(19,20)4)27(5)13-11-18(29)15-22(27)24(28)25(23)30/h16-25,29-30H,6-15H2,1-5H3/t17-,18?,19?,20?,21?,22-,23?,24-,25+,26?,27?/m1/s1. The maximum atomic E-state index is 11.6. The first-order valence-electron chi connectivity index (χ1n) is 13.1. The van der Waals surface area contributed by atoms with E-state index in [4.69, 9.17) is 0 Å². The smallest absolute Gasteiger partial charge is 0.0701 e. The maximum Gasteiger partial charge on any atom is 0.0701 e. The molecule has 0 bridgehead atoms. The van der Waals surface area contributed by atoms with Crippen LogP contribution in [0, 0.1) is 52.3 Å². The van der Waals surface area contributed by atoms with Gasteiger partial charge in [-0.15, -0.1) is 0 Å². The van der Waals surface area contributed by atoms with Crippen LogP contribution in [-0.4, -0.2) is 27.2 Å². The van der Waals surface area contributed by atoms with E-state index in [0.717, 1.165) is 37.0 Å². The third-order valence-electron chi connectivity index (χ3n) is 10.9. The minimum Gasteiger partial charge on any atom is -0.393 e. The van der Waals surface area contributed by atoms with Crippen molar-refractivity contribution in [3.8, 4) is 0 Å². The van der Waals surface area contributed by atoms with Gasteiger partial charge in [-0.25, -0.2) is 0 Å². The van der Waals surface area contributed by atoms with Gasteiger partial charge < -0.3 is 10.2 Å². The molecule has 0 aromatic carbocycles. The molecule has 4 fully saturated rings. The molecule has 0 spiro atoms. The van der Waals surface area contributed by atoms with Crippen molar-refractivity contribution in [2.45, 2.75) is 116 Å². The van der Waals surface area contributed by atoms with Gasteiger partial charge in [0.2, 0.25) is 0 Å². The predicted octanol–water partition coefficient (Wildman–Crippen LogP) is 6.81. The van der Waals surface area contributed by atoms with E-state index in [1.165, 1.54) is 44.9 Å². The molecule has 4 rings (SSSR count). The number of hydrogen-bond acceptors (Lipinski definition) is 2. The highest BCUT2D eigenvalue weighted by molar-refractivity contribution is 9.09. The van der Waals surface area contributed by atoms with Crippen LogP contribution in [0.15, 0.2) is 0 Å². The highest BCUT2D eigenvalue weighted by atomic mass is 79.9. The van der Waals surface area contributed by atoms with Gasteiger partial charge in [-0.1, -0.05) is 69.8 Å². The Balaban J connectivity index is 1.54. The normalized spacial score (nSPS) is 51.9.